The van der Waals surface area contributed by atoms with Gasteiger partial charge in [0.15, 0.2) is 0 Å². The van der Waals surface area contributed by atoms with Gasteiger partial charge in [-0.2, -0.15) is 0 Å². The molecule has 1 amide bonds. The van der Waals surface area contributed by atoms with E-state index in [2.05, 4.69) is 12.2 Å². The van der Waals surface area contributed by atoms with Crippen LogP contribution < -0.4 is 5.32 Å². The molecule has 114 valence electrons. The van der Waals surface area contributed by atoms with Crippen molar-refractivity contribution in [2.75, 3.05) is 0 Å². The fourth-order valence-electron chi connectivity index (χ4n) is 2.86. The number of benzene rings is 1. The Kier molecular flexibility index (Phi) is 4.88. The fourth-order valence-corrected chi connectivity index (χ4v) is 2.99. The van der Waals surface area contributed by atoms with Gasteiger partial charge in [0.1, 0.15) is 5.54 Å². The Balaban J connectivity index is 2.12. The monoisotopic (exact) mass is 309 g/mol. The smallest absolute Gasteiger partial charge is 0.329 e. The summed E-state index contributed by atoms with van der Waals surface area (Å²) in [6, 6.07) is 6.45. The molecule has 0 spiro atoms. The highest BCUT2D eigenvalue weighted by atomic mass is 35.5. The number of carboxylic acid groups (broad SMARTS) is 1. The Morgan fingerprint density at radius 3 is 2.33 bits per heavy atom. The molecular formula is C16H20ClNO3. The first-order valence-electron chi connectivity index (χ1n) is 7.28. The minimum atomic E-state index is -1.14. The van der Waals surface area contributed by atoms with Crippen LogP contribution in [-0.2, 0) is 4.79 Å². The Bertz CT molecular complexity index is 519. The first-order valence-corrected chi connectivity index (χ1v) is 7.66. The number of aliphatic carboxylic acids is 1. The van der Waals surface area contributed by atoms with Crippen molar-refractivity contribution >= 4 is 23.5 Å². The summed E-state index contributed by atoms with van der Waals surface area (Å²) < 4.78 is 0. The largest absolute Gasteiger partial charge is 0.480 e. The lowest BCUT2D eigenvalue weighted by molar-refractivity contribution is -0.146. The number of carboxylic acids is 1. The lowest BCUT2D eigenvalue weighted by atomic mass is 9.75. The second-order valence-corrected chi connectivity index (χ2v) is 6.14. The van der Waals surface area contributed by atoms with Crippen molar-refractivity contribution in [1.29, 1.82) is 0 Å². The summed E-state index contributed by atoms with van der Waals surface area (Å²) in [6.07, 6.45) is 3.70. The Hall–Kier alpha value is -1.55. The van der Waals surface area contributed by atoms with Gasteiger partial charge < -0.3 is 10.4 Å². The van der Waals surface area contributed by atoms with Crippen molar-refractivity contribution < 1.29 is 14.7 Å². The molecule has 0 atom stereocenters. The lowest BCUT2D eigenvalue weighted by Crippen LogP contribution is -2.56. The van der Waals surface area contributed by atoms with Gasteiger partial charge in [0.25, 0.3) is 5.91 Å². The predicted molar refractivity (Wildman–Crippen MR) is 81.5 cm³/mol. The lowest BCUT2D eigenvalue weighted by Gasteiger charge is -2.37. The minimum Gasteiger partial charge on any atom is -0.480 e. The summed E-state index contributed by atoms with van der Waals surface area (Å²) in [5.74, 6) is -0.742. The first-order chi connectivity index (χ1) is 9.97. The van der Waals surface area contributed by atoms with Gasteiger partial charge >= 0.3 is 5.97 Å². The minimum absolute atomic E-state index is 0.357. The van der Waals surface area contributed by atoms with E-state index < -0.39 is 11.5 Å². The summed E-state index contributed by atoms with van der Waals surface area (Å²) in [6.45, 7) is 2.12. The van der Waals surface area contributed by atoms with Crippen molar-refractivity contribution in [2.24, 2.45) is 5.92 Å². The van der Waals surface area contributed by atoms with E-state index in [0.29, 0.717) is 29.3 Å². The van der Waals surface area contributed by atoms with Crippen LogP contribution in [0.1, 0.15) is 49.4 Å². The molecule has 1 saturated carbocycles. The van der Waals surface area contributed by atoms with E-state index in [1.54, 1.807) is 24.3 Å². The summed E-state index contributed by atoms with van der Waals surface area (Å²) in [5, 5.41) is 12.8. The standard InChI is InChI=1S/C16H20ClNO3/c1-2-11-7-9-16(10-8-11,15(20)21)18-14(19)12-3-5-13(17)6-4-12/h3-6,11H,2,7-10H2,1H3,(H,18,19)(H,20,21). The van der Waals surface area contributed by atoms with Gasteiger partial charge in [-0.25, -0.2) is 4.79 Å². The van der Waals surface area contributed by atoms with Crippen LogP contribution in [0.2, 0.25) is 5.02 Å². The molecule has 0 heterocycles. The zero-order valence-corrected chi connectivity index (χ0v) is 12.8. The van der Waals surface area contributed by atoms with Gasteiger partial charge in [-0.05, 0) is 55.9 Å². The normalized spacial score (nSPS) is 25.3. The van der Waals surface area contributed by atoms with Crippen molar-refractivity contribution in [1.82, 2.24) is 5.32 Å². The molecule has 1 aliphatic carbocycles. The molecule has 21 heavy (non-hydrogen) atoms. The van der Waals surface area contributed by atoms with Crippen molar-refractivity contribution in [3.63, 3.8) is 0 Å². The molecule has 1 aromatic carbocycles. The molecule has 5 heteroatoms. The zero-order chi connectivity index (χ0) is 15.5. The van der Waals surface area contributed by atoms with E-state index in [1.807, 2.05) is 0 Å². The Labute approximate surface area is 129 Å². The van der Waals surface area contributed by atoms with Crippen molar-refractivity contribution in [2.45, 2.75) is 44.6 Å². The maximum Gasteiger partial charge on any atom is 0.329 e. The second kappa shape index (κ2) is 6.48. The highest BCUT2D eigenvalue weighted by molar-refractivity contribution is 6.30. The zero-order valence-electron chi connectivity index (χ0n) is 12.1. The van der Waals surface area contributed by atoms with Crippen molar-refractivity contribution in [3.05, 3.63) is 34.9 Å². The van der Waals surface area contributed by atoms with Gasteiger partial charge in [0.05, 0.1) is 0 Å². The maximum atomic E-state index is 12.3. The molecule has 1 fully saturated rings. The van der Waals surface area contributed by atoms with E-state index in [1.165, 1.54) is 0 Å². The van der Waals surface area contributed by atoms with Crippen LogP contribution in [0, 0.1) is 5.92 Å². The van der Waals surface area contributed by atoms with Gasteiger partial charge in [0.2, 0.25) is 0 Å². The maximum absolute atomic E-state index is 12.3. The summed E-state index contributed by atoms with van der Waals surface area (Å²) in [4.78, 5) is 23.9. The number of rotatable bonds is 4. The van der Waals surface area contributed by atoms with Gasteiger partial charge in [0, 0.05) is 10.6 Å². The molecule has 2 N–H and O–H groups in total. The molecule has 2 rings (SSSR count). The highest BCUT2D eigenvalue weighted by Crippen LogP contribution is 2.34. The molecule has 0 aliphatic heterocycles. The molecule has 0 unspecified atom stereocenters. The molecule has 4 nitrogen and oxygen atoms in total. The third kappa shape index (κ3) is 3.56. The number of carbonyl (C=O) groups excluding carboxylic acids is 1. The quantitative estimate of drug-likeness (QED) is 0.894. The van der Waals surface area contributed by atoms with Gasteiger partial charge in [-0.15, -0.1) is 0 Å². The highest BCUT2D eigenvalue weighted by Gasteiger charge is 2.43. The number of halogens is 1. The van der Waals surface area contributed by atoms with Crippen LogP contribution >= 0.6 is 11.6 Å². The number of hydrogen-bond acceptors (Lipinski definition) is 2. The third-order valence-electron chi connectivity index (χ3n) is 4.40. The number of carbonyl (C=O) groups is 2. The van der Waals surface area contributed by atoms with E-state index in [9.17, 15) is 14.7 Å². The third-order valence-corrected chi connectivity index (χ3v) is 4.66. The summed E-state index contributed by atoms with van der Waals surface area (Å²) in [5.41, 5.74) is -0.708. The van der Waals surface area contributed by atoms with Crippen LogP contribution in [0.15, 0.2) is 24.3 Å². The second-order valence-electron chi connectivity index (χ2n) is 5.70. The van der Waals surface area contributed by atoms with Crippen LogP contribution in [0.3, 0.4) is 0 Å². The molecular weight excluding hydrogens is 290 g/mol. The molecule has 0 bridgehead atoms. The average Bonchev–Trinajstić information content (AvgIpc) is 2.48. The Morgan fingerprint density at radius 2 is 1.86 bits per heavy atom. The van der Waals surface area contributed by atoms with Crippen molar-refractivity contribution in [3.8, 4) is 0 Å². The van der Waals surface area contributed by atoms with Crippen LogP contribution in [0.5, 0.6) is 0 Å². The summed E-state index contributed by atoms with van der Waals surface area (Å²) in [7, 11) is 0. The Morgan fingerprint density at radius 1 is 1.29 bits per heavy atom. The van der Waals surface area contributed by atoms with E-state index in [0.717, 1.165) is 19.3 Å². The molecule has 1 aliphatic rings. The molecule has 1 aromatic rings. The van der Waals surface area contributed by atoms with Crippen LogP contribution in [0.25, 0.3) is 0 Å². The van der Waals surface area contributed by atoms with Gasteiger partial charge in [-0.1, -0.05) is 24.9 Å². The van der Waals surface area contributed by atoms with Crippen LogP contribution in [0.4, 0.5) is 0 Å². The number of hydrogen-bond donors (Lipinski definition) is 2. The summed E-state index contributed by atoms with van der Waals surface area (Å²) >= 11 is 5.79. The average molecular weight is 310 g/mol. The topological polar surface area (TPSA) is 66.4 Å². The SMILES string of the molecule is CCC1CCC(NC(=O)c2ccc(Cl)cc2)(C(=O)O)CC1. The first kappa shape index (κ1) is 15.8. The van der Waals surface area contributed by atoms with Gasteiger partial charge in [-0.3, -0.25) is 4.79 Å². The number of nitrogens with one attached hydrogen (secondary N) is 1. The van der Waals surface area contributed by atoms with E-state index >= 15 is 0 Å². The number of amides is 1. The van der Waals surface area contributed by atoms with E-state index in [4.69, 9.17) is 11.6 Å². The van der Waals surface area contributed by atoms with E-state index in [-0.39, 0.29) is 5.91 Å². The molecule has 0 radical (unpaired) electrons. The fraction of sp³-hybridized carbons (Fsp3) is 0.500. The predicted octanol–water partition coefficient (Wildman–Crippen LogP) is 3.49. The van der Waals surface area contributed by atoms with Crippen LogP contribution in [-0.4, -0.2) is 22.5 Å². The molecule has 0 saturated heterocycles. The molecule has 0 aromatic heterocycles.